The predicted molar refractivity (Wildman–Crippen MR) is 52.8 cm³/mol. The molecule has 72 valence electrons. The zero-order valence-electron chi connectivity index (χ0n) is 7.73. The summed E-state index contributed by atoms with van der Waals surface area (Å²) in [7, 11) is 0. The Morgan fingerprint density at radius 2 is 1.33 bits per heavy atom. The highest BCUT2D eigenvalue weighted by Crippen LogP contribution is 2.21. The molecule has 1 aliphatic rings. The zero-order valence-corrected chi connectivity index (χ0v) is 7.73. The number of aromatic nitrogens is 2. The molecule has 0 radical (unpaired) electrons. The van der Waals surface area contributed by atoms with E-state index in [2.05, 4.69) is 9.97 Å². The second-order valence-electron chi connectivity index (χ2n) is 3.43. The lowest BCUT2D eigenvalue weighted by Crippen LogP contribution is -1.99. The largest absolute Gasteiger partial charge is 0.292 e. The van der Waals surface area contributed by atoms with Crippen molar-refractivity contribution in [3.05, 3.63) is 35.7 Å². The van der Waals surface area contributed by atoms with Crippen LogP contribution in [0.4, 0.5) is 0 Å². The molecule has 0 bridgehead atoms. The summed E-state index contributed by atoms with van der Waals surface area (Å²) in [5.41, 5.74) is 1.75. The Labute approximate surface area is 85.0 Å². The maximum atomic E-state index is 11.4. The molecule has 0 fully saturated rings. The second kappa shape index (κ2) is 2.70. The van der Waals surface area contributed by atoms with Gasteiger partial charge in [0.25, 0.3) is 0 Å². The molecule has 3 rings (SSSR count). The molecular weight excluding hydrogens is 192 g/mol. The quantitative estimate of drug-likeness (QED) is 0.600. The van der Waals surface area contributed by atoms with Crippen LogP contribution in [0.3, 0.4) is 0 Å². The highest BCUT2D eigenvalue weighted by atomic mass is 16.2. The molecule has 2 aromatic rings. The molecule has 1 aliphatic carbocycles. The third-order valence-electron chi connectivity index (χ3n) is 2.42. The summed E-state index contributed by atoms with van der Waals surface area (Å²) in [6.07, 6.45) is -0.0916. The van der Waals surface area contributed by atoms with Crippen molar-refractivity contribution >= 4 is 22.6 Å². The van der Waals surface area contributed by atoms with Gasteiger partial charge in [0.1, 0.15) is 11.4 Å². The van der Waals surface area contributed by atoms with E-state index in [0.717, 1.165) is 0 Å². The second-order valence-corrected chi connectivity index (χ2v) is 3.43. The minimum Gasteiger partial charge on any atom is -0.292 e. The minimum atomic E-state index is -0.228. The van der Waals surface area contributed by atoms with Crippen molar-refractivity contribution in [1.82, 2.24) is 9.97 Å². The molecule has 4 heteroatoms. The van der Waals surface area contributed by atoms with E-state index in [9.17, 15) is 9.59 Å². The molecule has 0 saturated heterocycles. The molecule has 15 heavy (non-hydrogen) atoms. The summed E-state index contributed by atoms with van der Waals surface area (Å²) < 4.78 is 0. The van der Waals surface area contributed by atoms with Gasteiger partial charge in [0.05, 0.1) is 17.5 Å². The van der Waals surface area contributed by atoms with Gasteiger partial charge >= 0.3 is 0 Å². The van der Waals surface area contributed by atoms with Crippen LogP contribution >= 0.6 is 0 Å². The van der Waals surface area contributed by atoms with Crippen LogP contribution in [0.15, 0.2) is 24.3 Å². The van der Waals surface area contributed by atoms with E-state index in [1.54, 1.807) is 12.1 Å². The molecule has 4 nitrogen and oxygen atoms in total. The maximum Gasteiger partial charge on any atom is 0.191 e. The first kappa shape index (κ1) is 8.23. The van der Waals surface area contributed by atoms with Gasteiger partial charge in [-0.3, -0.25) is 9.59 Å². The molecular formula is C11H6N2O2. The van der Waals surface area contributed by atoms with Crippen molar-refractivity contribution < 1.29 is 9.59 Å². The lowest BCUT2D eigenvalue weighted by molar-refractivity contribution is 0.0920. The Morgan fingerprint density at radius 1 is 0.867 bits per heavy atom. The van der Waals surface area contributed by atoms with Crippen LogP contribution < -0.4 is 0 Å². The number of rotatable bonds is 0. The van der Waals surface area contributed by atoms with E-state index in [-0.39, 0.29) is 29.4 Å². The first-order valence-corrected chi connectivity index (χ1v) is 4.59. The molecule has 0 amide bonds. The van der Waals surface area contributed by atoms with E-state index in [0.29, 0.717) is 11.0 Å². The molecule has 1 aromatic heterocycles. The fourth-order valence-electron chi connectivity index (χ4n) is 1.70. The average Bonchev–Trinajstić information content (AvgIpc) is 2.52. The zero-order chi connectivity index (χ0) is 10.4. The topological polar surface area (TPSA) is 59.9 Å². The molecule has 0 saturated carbocycles. The van der Waals surface area contributed by atoms with E-state index in [1.807, 2.05) is 12.1 Å². The van der Waals surface area contributed by atoms with Crippen LogP contribution in [0, 0.1) is 0 Å². The van der Waals surface area contributed by atoms with Crippen molar-refractivity contribution in [1.29, 1.82) is 0 Å². The number of ketones is 2. The van der Waals surface area contributed by atoms with Crippen LogP contribution in [0.1, 0.15) is 27.4 Å². The monoisotopic (exact) mass is 198 g/mol. The van der Waals surface area contributed by atoms with Gasteiger partial charge in [0, 0.05) is 0 Å². The number of fused-ring (bicyclic) bond motifs is 2. The molecule has 1 heterocycles. The van der Waals surface area contributed by atoms with E-state index < -0.39 is 0 Å². The number of carbonyl (C=O) groups excluding carboxylic acids is 2. The maximum absolute atomic E-state index is 11.4. The van der Waals surface area contributed by atoms with Crippen molar-refractivity contribution in [2.24, 2.45) is 0 Å². The van der Waals surface area contributed by atoms with Crippen molar-refractivity contribution in [2.75, 3.05) is 0 Å². The summed E-state index contributed by atoms with van der Waals surface area (Å²) >= 11 is 0. The highest BCUT2D eigenvalue weighted by molar-refractivity contribution is 6.23. The van der Waals surface area contributed by atoms with E-state index >= 15 is 0 Å². The number of benzene rings is 1. The van der Waals surface area contributed by atoms with Gasteiger partial charge in [-0.05, 0) is 12.1 Å². The third-order valence-corrected chi connectivity index (χ3v) is 2.42. The van der Waals surface area contributed by atoms with Crippen molar-refractivity contribution in [2.45, 2.75) is 6.42 Å². The minimum absolute atomic E-state index is 0.0916. The third kappa shape index (κ3) is 1.08. The first-order valence-electron chi connectivity index (χ1n) is 4.59. The molecule has 0 aliphatic heterocycles. The fourth-order valence-corrected chi connectivity index (χ4v) is 1.70. The number of hydrogen-bond donors (Lipinski definition) is 0. The Hall–Kier alpha value is -2.10. The van der Waals surface area contributed by atoms with Gasteiger partial charge in [-0.25, -0.2) is 9.97 Å². The van der Waals surface area contributed by atoms with Crippen LogP contribution in [0.2, 0.25) is 0 Å². The normalized spacial score (nSPS) is 14.7. The van der Waals surface area contributed by atoms with Gasteiger partial charge in [0.2, 0.25) is 0 Å². The first-order chi connectivity index (χ1) is 7.25. The molecule has 0 unspecified atom stereocenters. The summed E-state index contributed by atoms with van der Waals surface area (Å²) in [4.78, 5) is 31.1. The van der Waals surface area contributed by atoms with Crippen molar-refractivity contribution in [3.8, 4) is 0 Å². The van der Waals surface area contributed by atoms with Gasteiger partial charge in [0.15, 0.2) is 11.6 Å². The molecule has 0 N–H and O–H groups in total. The van der Waals surface area contributed by atoms with Crippen LogP contribution in [-0.2, 0) is 0 Å². The van der Waals surface area contributed by atoms with E-state index in [4.69, 9.17) is 0 Å². The van der Waals surface area contributed by atoms with Gasteiger partial charge < -0.3 is 0 Å². The lowest BCUT2D eigenvalue weighted by Gasteiger charge is -1.98. The highest BCUT2D eigenvalue weighted by Gasteiger charge is 2.30. The SMILES string of the molecule is O=C1CC(=O)c2nc3ccccc3nc21. The Kier molecular flexibility index (Phi) is 1.48. The van der Waals surface area contributed by atoms with Crippen LogP contribution in [0.5, 0.6) is 0 Å². The molecule has 0 atom stereocenters. The number of carbonyl (C=O) groups is 2. The number of para-hydroxylation sites is 2. The van der Waals surface area contributed by atoms with Crippen LogP contribution in [-0.4, -0.2) is 21.5 Å². The lowest BCUT2D eigenvalue weighted by atomic mass is 10.2. The van der Waals surface area contributed by atoms with E-state index in [1.165, 1.54) is 0 Å². The number of hydrogen-bond acceptors (Lipinski definition) is 4. The summed E-state index contributed by atoms with van der Waals surface area (Å²) in [5, 5.41) is 0. The summed E-state index contributed by atoms with van der Waals surface area (Å²) in [6.45, 7) is 0. The molecule has 0 spiro atoms. The average molecular weight is 198 g/mol. The molecule has 1 aromatic carbocycles. The fraction of sp³-hybridized carbons (Fsp3) is 0.0909. The Balaban J connectivity index is 2.41. The number of Topliss-reactive ketones (excluding diaryl/α,β-unsaturated/α-hetero) is 2. The van der Waals surface area contributed by atoms with Gasteiger partial charge in [-0.2, -0.15) is 0 Å². The Morgan fingerprint density at radius 3 is 1.80 bits per heavy atom. The van der Waals surface area contributed by atoms with Gasteiger partial charge in [-0.15, -0.1) is 0 Å². The summed E-state index contributed by atoms with van der Waals surface area (Å²) in [5.74, 6) is -0.457. The predicted octanol–water partition coefficient (Wildman–Crippen LogP) is 1.40. The number of nitrogens with zero attached hydrogens (tertiary/aromatic N) is 2. The van der Waals surface area contributed by atoms with Crippen LogP contribution in [0.25, 0.3) is 11.0 Å². The Bertz CT molecular complexity index is 552. The standard InChI is InChI=1S/C11H6N2O2/c14-8-5-9(15)11-10(8)12-6-3-1-2-4-7(6)13-11/h1-4H,5H2. The summed E-state index contributed by atoms with van der Waals surface area (Å²) in [6, 6.07) is 7.20. The smallest absolute Gasteiger partial charge is 0.191 e. The van der Waals surface area contributed by atoms with Crippen molar-refractivity contribution in [3.63, 3.8) is 0 Å². The van der Waals surface area contributed by atoms with Gasteiger partial charge in [-0.1, -0.05) is 12.1 Å².